The van der Waals surface area contributed by atoms with Gasteiger partial charge in [0.2, 0.25) is 5.91 Å². The zero-order valence-electron chi connectivity index (χ0n) is 11.4. The number of hydrogen-bond acceptors (Lipinski definition) is 3. The fourth-order valence-corrected chi connectivity index (χ4v) is 2.18. The van der Waals surface area contributed by atoms with Crippen molar-refractivity contribution in [3.8, 4) is 5.75 Å². The highest BCUT2D eigenvalue weighted by molar-refractivity contribution is 9.10. The molecule has 5 nitrogen and oxygen atoms in total. The van der Waals surface area contributed by atoms with Gasteiger partial charge < -0.3 is 10.4 Å². The molecule has 0 spiro atoms. The molecule has 6 heteroatoms. The number of aryl methyl sites for hydroxylation is 2. The Morgan fingerprint density at radius 2 is 2.10 bits per heavy atom. The number of anilines is 1. The van der Waals surface area contributed by atoms with E-state index in [0.29, 0.717) is 18.7 Å². The minimum Gasteiger partial charge on any atom is -0.506 e. The van der Waals surface area contributed by atoms with E-state index in [2.05, 4.69) is 26.3 Å². The molecule has 2 N–H and O–H groups in total. The standard InChI is InChI=1S/C14H16BrN3O2/c1-9-14(15)10(2)18(17-9)8-7-13(20)16-11-5-3-4-6-12(11)19/h3-6,19H,7-8H2,1-2H3,(H,16,20). The van der Waals surface area contributed by atoms with Crippen LogP contribution in [0.4, 0.5) is 5.69 Å². The number of carbonyl (C=O) groups is 1. The summed E-state index contributed by atoms with van der Waals surface area (Å²) in [5.41, 5.74) is 2.33. The van der Waals surface area contributed by atoms with E-state index in [1.54, 1.807) is 22.9 Å². The second-order valence-corrected chi connectivity index (χ2v) is 5.32. The van der Waals surface area contributed by atoms with Gasteiger partial charge in [-0.05, 0) is 41.9 Å². The van der Waals surface area contributed by atoms with Crippen molar-refractivity contribution in [1.82, 2.24) is 9.78 Å². The molecule has 2 aromatic rings. The molecule has 20 heavy (non-hydrogen) atoms. The van der Waals surface area contributed by atoms with Crippen LogP contribution in [0.15, 0.2) is 28.7 Å². The number of nitrogens with zero attached hydrogens (tertiary/aromatic N) is 2. The minimum atomic E-state index is -0.157. The molecule has 0 atom stereocenters. The van der Waals surface area contributed by atoms with Crippen LogP contribution in [0, 0.1) is 13.8 Å². The lowest BCUT2D eigenvalue weighted by Gasteiger charge is -2.08. The summed E-state index contributed by atoms with van der Waals surface area (Å²) in [5.74, 6) is -0.0927. The number of hydrogen-bond donors (Lipinski definition) is 2. The number of aromatic hydroxyl groups is 1. The van der Waals surface area contributed by atoms with Crippen LogP contribution in [0.1, 0.15) is 17.8 Å². The molecule has 0 aliphatic heterocycles. The highest BCUT2D eigenvalue weighted by atomic mass is 79.9. The molecule has 1 amide bonds. The van der Waals surface area contributed by atoms with Crippen molar-refractivity contribution in [2.45, 2.75) is 26.8 Å². The first-order valence-corrected chi connectivity index (χ1v) is 7.05. The van der Waals surface area contributed by atoms with Crippen LogP contribution in [0.2, 0.25) is 0 Å². The number of rotatable bonds is 4. The van der Waals surface area contributed by atoms with Crippen LogP contribution in [-0.2, 0) is 11.3 Å². The summed E-state index contributed by atoms with van der Waals surface area (Å²) in [5, 5.41) is 16.6. The average molecular weight is 338 g/mol. The van der Waals surface area contributed by atoms with Crippen molar-refractivity contribution in [2.24, 2.45) is 0 Å². The highest BCUT2D eigenvalue weighted by Crippen LogP contribution is 2.22. The Hall–Kier alpha value is -1.82. The van der Waals surface area contributed by atoms with Crippen LogP contribution >= 0.6 is 15.9 Å². The van der Waals surface area contributed by atoms with Gasteiger partial charge in [-0.25, -0.2) is 0 Å². The third kappa shape index (κ3) is 3.19. The van der Waals surface area contributed by atoms with E-state index in [1.165, 1.54) is 6.07 Å². The molecular weight excluding hydrogens is 322 g/mol. The second kappa shape index (κ2) is 6.09. The Balaban J connectivity index is 1.96. The Morgan fingerprint density at radius 1 is 1.40 bits per heavy atom. The maximum Gasteiger partial charge on any atom is 0.226 e. The smallest absolute Gasteiger partial charge is 0.226 e. The second-order valence-electron chi connectivity index (χ2n) is 4.52. The van der Waals surface area contributed by atoms with Crippen LogP contribution < -0.4 is 5.32 Å². The number of para-hydroxylation sites is 2. The van der Waals surface area contributed by atoms with E-state index in [0.717, 1.165) is 15.9 Å². The predicted octanol–water partition coefficient (Wildman–Crippen LogP) is 3.00. The summed E-state index contributed by atoms with van der Waals surface area (Å²) in [4.78, 5) is 11.9. The van der Waals surface area contributed by atoms with E-state index in [1.807, 2.05) is 13.8 Å². The van der Waals surface area contributed by atoms with Crippen LogP contribution in [-0.4, -0.2) is 20.8 Å². The van der Waals surface area contributed by atoms with Crippen LogP contribution in [0.3, 0.4) is 0 Å². The molecule has 0 aliphatic rings. The van der Waals surface area contributed by atoms with Gasteiger partial charge >= 0.3 is 0 Å². The summed E-state index contributed by atoms with van der Waals surface area (Å²) in [6.45, 7) is 4.36. The molecule has 0 unspecified atom stereocenters. The number of carbonyl (C=O) groups excluding carboxylic acids is 1. The van der Waals surface area contributed by atoms with Crippen molar-refractivity contribution < 1.29 is 9.90 Å². The van der Waals surface area contributed by atoms with Crippen molar-refractivity contribution in [2.75, 3.05) is 5.32 Å². The number of amides is 1. The first kappa shape index (κ1) is 14.6. The van der Waals surface area contributed by atoms with Crippen molar-refractivity contribution in [1.29, 1.82) is 0 Å². The van der Waals surface area contributed by atoms with E-state index >= 15 is 0 Å². The SMILES string of the molecule is Cc1nn(CCC(=O)Nc2ccccc2O)c(C)c1Br. The topological polar surface area (TPSA) is 67.2 Å². The Bertz CT molecular complexity index is 637. The normalized spacial score (nSPS) is 10.6. The number of phenolic OH excluding ortho intramolecular Hbond substituents is 1. The van der Waals surface area contributed by atoms with E-state index in [-0.39, 0.29) is 11.7 Å². The summed E-state index contributed by atoms with van der Waals surface area (Å²) >= 11 is 3.45. The summed E-state index contributed by atoms with van der Waals surface area (Å²) in [6.07, 6.45) is 0.294. The highest BCUT2D eigenvalue weighted by Gasteiger charge is 2.11. The molecule has 2 rings (SSSR count). The Kier molecular flexibility index (Phi) is 4.44. The van der Waals surface area contributed by atoms with E-state index < -0.39 is 0 Å². The quantitative estimate of drug-likeness (QED) is 0.842. The molecule has 0 fully saturated rings. The maximum absolute atomic E-state index is 11.9. The minimum absolute atomic E-state index is 0.0645. The summed E-state index contributed by atoms with van der Waals surface area (Å²) < 4.78 is 2.77. The Morgan fingerprint density at radius 3 is 2.70 bits per heavy atom. The molecule has 1 aromatic heterocycles. The van der Waals surface area contributed by atoms with Crippen LogP contribution in [0.5, 0.6) is 5.75 Å². The molecule has 0 aliphatic carbocycles. The monoisotopic (exact) mass is 337 g/mol. The molecular formula is C14H16BrN3O2. The van der Waals surface area contributed by atoms with Gasteiger partial charge in [0.25, 0.3) is 0 Å². The number of benzene rings is 1. The Labute approximate surface area is 125 Å². The molecule has 106 valence electrons. The average Bonchev–Trinajstić information content (AvgIpc) is 2.66. The lowest BCUT2D eigenvalue weighted by molar-refractivity contribution is -0.116. The predicted molar refractivity (Wildman–Crippen MR) is 80.8 cm³/mol. The molecule has 1 aromatic carbocycles. The van der Waals surface area contributed by atoms with Crippen molar-refractivity contribution in [3.05, 3.63) is 40.1 Å². The first-order valence-electron chi connectivity index (χ1n) is 6.26. The maximum atomic E-state index is 11.9. The fraction of sp³-hybridized carbons (Fsp3) is 0.286. The fourth-order valence-electron chi connectivity index (χ4n) is 1.89. The zero-order valence-corrected chi connectivity index (χ0v) is 12.9. The zero-order chi connectivity index (χ0) is 14.7. The van der Waals surface area contributed by atoms with Gasteiger partial charge in [-0.2, -0.15) is 5.10 Å². The lowest BCUT2D eigenvalue weighted by atomic mass is 10.3. The summed E-state index contributed by atoms with van der Waals surface area (Å²) in [6, 6.07) is 6.66. The summed E-state index contributed by atoms with van der Waals surface area (Å²) in [7, 11) is 0. The number of phenols is 1. The third-order valence-electron chi connectivity index (χ3n) is 3.02. The molecule has 0 radical (unpaired) electrons. The molecule has 0 saturated heterocycles. The van der Waals surface area contributed by atoms with E-state index in [9.17, 15) is 9.90 Å². The van der Waals surface area contributed by atoms with Gasteiger partial charge in [0.15, 0.2) is 0 Å². The molecule has 1 heterocycles. The van der Waals surface area contributed by atoms with Gasteiger partial charge in [-0.15, -0.1) is 0 Å². The van der Waals surface area contributed by atoms with Gasteiger partial charge in [-0.1, -0.05) is 12.1 Å². The largest absolute Gasteiger partial charge is 0.506 e. The van der Waals surface area contributed by atoms with Gasteiger partial charge in [0.1, 0.15) is 5.75 Å². The number of halogens is 1. The van der Waals surface area contributed by atoms with Crippen molar-refractivity contribution in [3.63, 3.8) is 0 Å². The lowest BCUT2D eigenvalue weighted by Crippen LogP contribution is -2.15. The number of nitrogens with one attached hydrogen (secondary N) is 1. The first-order chi connectivity index (χ1) is 9.49. The van der Waals surface area contributed by atoms with Crippen LogP contribution in [0.25, 0.3) is 0 Å². The molecule has 0 bridgehead atoms. The van der Waals surface area contributed by atoms with Crippen molar-refractivity contribution >= 4 is 27.5 Å². The van der Waals surface area contributed by atoms with E-state index in [4.69, 9.17) is 0 Å². The van der Waals surface area contributed by atoms with Gasteiger partial charge in [0.05, 0.1) is 22.4 Å². The van der Waals surface area contributed by atoms with Gasteiger partial charge in [0, 0.05) is 12.1 Å². The third-order valence-corrected chi connectivity index (χ3v) is 4.17. The number of aromatic nitrogens is 2. The molecule has 0 saturated carbocycles. The van der Waals surface area contributed by atoms with Gasteiger partial charge in [-0.3, -0.25) is 9.48 Å².